The molecule has 28 heavy (non-hydrogen) atoms. The second kappa shape index (κ2) is 10.4. The van der Waals surface area contributed by atoms with E-state index in [1.807, 2.05) is 29.2 Å². The van der Waals surface area contributed by atoms with Crippen LogP contribution in [0.15, 0.2) is 41.7 Å². The van der Waals surface area contributed by atoms with Gasteiger partial charge in [0.1, 0.15) is 0 Å². The molecular formula is C21H31ClN6. The van der Waals surface area contributed by atoms with E-state index >= 15 is 0 Å². The Bertz CT molecular complexity index is 758. The Morgan fingerprint density at radius 1 is 1.36 bits per heavy atom. The summed E-state index contributed by atoms with van der Waals surface area (Å²) in [5, 5.41) is 11.8. The second-order valence-electron chi connectivity index (χ2n) is 7.30. The smallest absolute Gasteiger partial charge is 0.191 e. The first-order valence-electron chi connectivity index (χ1n) is 10.2. The number of hydrogen-bond donors (Lipinski definition) is 2. The molecular weight excluding hydrogens is 372 g/mol. The van der Waals surface area contributed by atoms with Crippen molar-refractivity contribution in [2.75, 3.05) is 37.6 Å². The summed E-state index contributed by atoms with van der Waals surface area (Å²) in [4.78, 5) is 7.25. The van der Waals surface area contributed by atoms with Crippen molar-refractivity contribution in [2.45, 2.75) is 33.2 Å². The summed E-state index contributed by atoms with van der Waals surface area (Å²) in [7, 11) is 0. The van der Waals surface area contributed by atoms with Gasteiger partial charge in [-0.3, -0.25) is 9.67 Å². The Kier molecular flexibility index (Phi) is 7.60. The number of hydrogen-bond acceptors (Lipinski definition) is 3. The number of aryl methyl sites for hydroxylation is 2. The highest BCUT2D eigenvalue weighted by Crippen LogP contribution is 2.29. The van der Waals surface area contributed by atoms with Crippen LogP contribution in [0.3, 0.4) is 0 Å². The third-order valence-electron chi connectivity index (χ3n) is 5.07. The molecule has 1 atom stereocenters. The van der Waals surface area contributed by atoms with Gasteiger partial charge in [-0.15, -0.1) is 0 Å². The second-order valence-corrected chi connectivity index (χ2v) is 7.74. The van der Waals surface area contributed by atoms with E-state index in [-0.39, 0.29) is 0 Å². The van der Waals surface area contributed by atoms with Crippen LogP contribution in [-0.4, -0.2) is 48.5 Å². The average molecular weight is 403 g/mol. The number of halogens is 1. The van der Waals surface area contributed by atoms with Gasteiger partial charge in [-0.1, -0.05) is 17.7 Å². The zero-order valence-corrected chi connectivity index (χ0v) is 17.6. The summed E-state index contributed by atoms with van der Waals surface area (Å²) in [6, 6.07) is 8.08. The van der Waals surface area contributed by atoms with Gasteiger partial charge in [0.2, 0.25) is 0 Å². The largest absolute Gasteiger partial charge is 0.371 e. The summed E-state index contributed by atoms with van der Waals surface area (Å²) in [6.45, 7) is 9.83. The zero-order chi connectivity index (χ0) is 19.8. The first-order valence-corrected chi connectivity index (χ1v) is 10.5. The predicted octanol–water partition coefficient (Wildman–Crippen LogP) is 3.32. The summed E-state index contributed by atoms with van der Waals surface area (Å²) < 4.78 is 1.96. The van der Waals surface area contributed by atoms with Crippen molar-refractivity contribution >= 4 is 23.2 Å². The van der Waals surface area contributed by atoms with Gasteiger partial charge in [-0.2, -0.15) is 5.10 Å². The molecule has 7 heteroatoms. The standard InChI is InChI=1S/C21H31ClN6/c1-3-23-21(24-9-4-11-28-12-5-10-26-28)25-15-18-8-13-27(16-18)20-14-19(22)7-6-17(20)2/h5-7,10,12,14,18H,3-4,8-9,11,13,15-16H2,1-2H3,(H2,23,24,25). The van der Waals surface area contributed by atoms with Crippen molar-refractivity contribution in [3.8, 4) is 0 Å². The van der Waals surface area contributed by atoms with Gasteiger partial charge in [-0.25, -0.2) is 0 Å². The van der Waals surface area contributed by atoms with Crippen LogP contribution >= 0.6 is 11.6 Å². The van der Waals surface area contributed by atoms with Gasteiger partial charge < -0.3 is 15.5 Å². The molecule has 0 aliphatic carbocycles. The first-order chi connectivity index (χ1) is 13.7. The molecule has 1 unspecified atom stereocenters. The topological polar surface area (TPSA) is 57.5 Å². The van der Waals surface area contributed by atoms with E-state index in [0.717, 1.165) is 63.1 Å². The normalized spacial score (nSPS) is 17.2. The maximum atomic E-state index is 6.19. The molecule has 0 saturated carbocycles. The molecule has 6 nitrogen and oxygen atoms in total. The molecule has 1 fully saturated rings. The van der Waals surface area contributed by atoms with Gasteiger partial charge in [0.05, 0.1) is 0 Å². The van der Waals surface area contributed by atoms with E-state index in [9.17, 15) is 0 Å². The molecule has 0 amide bonds. The van der Waals surface area contributed by atoms with E-state index in [0.29, 0.717) is 5.92 Å². The number of nitrogens with one attached hydrogen (secondary N) is 2. The van der Waals surface area contributed by atoms with Crippen LogP contribution in [0.5, 0.6) is 0 Å². The van der Waals surface area contributed by atoms with Gasteiger partial charge >= 0.3 is 0 Å². The lowest BCUT2D eigenvalue weighted by Crippen LogP contribution is -2.38. The van der Waals surface area contributed by atoms with Crippen molar-refractivity contribution in [1.29, 1.82) is 0 Å². The summed E-state index contributed by atoms with van der Waals surface area (Å²) in [5.74, 6) is 1.47. The number of aromatic nitrogens is 2. The van der Waals surface area contributed by atoms with Gasteiger partial charge in [0, 0.05) is 62.4 Å². The Hall–Kier alpha value is -2.21. The molecule has 3 rings (SSSR count). The lowest BCUT2D eigenvalue weighted by molar-refractivity contribution is 0.567. The van der Waals surface area contributed by atoms with Gasteiger partial charge in [0.25, 0.3) is 0 Å². The van der Waals surface area contributed by atoms with Gasteiger partial charge in [-0.05, 0) is 56.4 Å². The minimum absolute atomic E-state index is 0.568. The molecule has 1 aliphatic heterocycles. The highest BCUT2D eigenvalue weighted by atomic mass is 35.5. The van der Waals surface area contributed by atoms with Crippen molar-refractivity contribution in [3.05, 3.63) is 47.2 Å². The number of anilines is 1. The molecule has 0 spiro atoms. The number of benzene rings is 1. The quantitative estimate of drug-likeness (QED) is 0.404. The van der Waals surface area contributed by atoms with Crippen molar-refractivity contribution in [3.63, 3.8) is 0 Å². The molecule has 2 heterocycles. The number of guanidine groups is 1. The minimum atomic E-state index is 0.568. The SMILES string of the molecule is CCNC(=NCC1CCN(c2cc(Cl)ccc2C)C1)NCCCn1cccn1. The summed E-state index contributed by atoms with van der Waals surface area (Å²) in [6.07, 6.45) is 5.98. The van der Waals surface area contributed by atoms with Crippen LogP contribution in [0.1, 0.15) is 25.3 Å². The Labute approximate surface area is 173 Å². The molecule has 0 bridgehead atoms. The van der Waals surface area contributed by atoms with Crippen molar-refractivity contribution < 1.29 is 0 Å². The van der Waals surface area contributed by atoms with Crippen molar-refractivity contribution in [2.24, 2.45) is 10.9 Å². The Morgan fingerprint density at radius 3 is 3.04 bits per heavy atom. The molecule has 1 aromatic carbocycles. The van der Waals surface area contributed by atoms with Crippen LogP contribution in [0.25, 0.3) is 0 Å². The highest BCUT2D eigenvalue weighted by Gasteiger charge is 2.23. The minimum Gasteiger partial charge on any atom is -0.371 e. The van der Waals surface area contributed by atoms with E-state index in [2.05, 4.69) is 46.6 Å². The third-order valence-corrected chi connectivity index (χ3v) is 5.30. The molecule has 152 valence electrons. The van der Waals surface area contributed by atoms with E-state index in [1.165, 1.54) is 11.3 Å². The number of rotatable bonds is 8. The molecule has 0 radical (unpaired) electrons. The van der Waals surface area contributed by atoms with E-state index in [4.69, 9.17) is 16.6 Å². The Morgan fingerprint density at radius 2 is 2.25 bits per heavy atom. The van der Waals surface area contributed by atoms with Gasteiger partial charge in [0.15, 0.2) is 5.96 Å². The van der Waals surface area contributed by atoms with Crippen LogP contribution in [-0.2, 0) is 6.54 Å². The van der Waals surface area contributed by atoms with Crippen LogP contribution in [0, 0.1) is 12.8 Å². The monoisotopic (exact) mass is 402 g/mol. The lowest BCUT2D eigenvalue weighted by atomic mass is 10.1. The average Bonchev–Trinajstić information content (AvgIpc) is 3.37. The fourth-order valence-electron chi connectivity index (χ4n) is 3.57. The molecule has 1 aliphatic rings. The molecule has 2 N–H and O–H groups in total. The zero-order valence-electron chi connectivity index (χ0n) is 16.9. The van der Waals surface area contributed by atoms with E-state index < -0.39 is 0 Å². The number of aliphatic imine (C=N–C) groups is 1. The first kappa shape index (κ1) is 20.5. The van der Waals surface area contributed by atoms with Crippen LogP contribution in [0.2, 0.25) is 5.02 Å². The van der Waals surface area contributed by atoms with Crippen LogP contribution in [0.4, 0.5) is 5.69 Å². The number of nitrogens with zero attached hydrogens (tertiary/aromatic N) is 4. The maximum Gasteiger partial charge on any atom is 0.191 e. The van der Waals surface area contributed by atoms with Crippen molar-refractivity contribution in [1.82, 2.24) is 20.4 Å². The highest BCUT2D eigenvalue weighted by molar-refractivity contribution is 6.30. The maximum absolute atomic E-state index is 6.19. The predicted molar refractivity (Wildman–Crippen MR) is 117 cm³/mol. The molecule has 1 aromatic heterocycles. The lowest BCUT2D eigenvalue weighted by Gasteiger charge is -2.21. The fourth-order valence-corrected chi connectivity index (χ4v) is 3.73. The summed E-state index contributed by atoms with van der Waals surface area (Å²) >= 11 is 6.19. The van der Waals surface area contributed by atoms with E-state index in [1.54, 1.807) is 0 Å². The van der Waals surface area contributed by atoms with Crippen LogP contribution < -0.4 is 15.5 Å². The molecule has 1 saturated heterocycles. The molecule has 2 aromatic rings. The third kappa shape index (κ3) is 5.89. The summed E-state index contributed by atoms with van der Waals surface area (Å²) in [5.41, 5.74) is 2.53. The fraction of sp³-hybridized carbons (Fsp3) is 0.524. The Balaban J connectivity index is 1.47.